The first kappa shape index (κ1) is 32.6. The summed E-state index contributed by atoms with van der Waals surface area (Å²) in [5.74, 6) is 0.704. The largest absolute Gasteiger partial charge is 0.247 e. The standard InChI is InChI=1S/C51H33N3S/c1-6-17-34(18-7-1)43-33-44(54-51(53-43)38-25-14-5-15-26-38)41-28-16-27-39(31-41)40-29-30-42-45(32-40)52-48(36-21-10-3-11-22-36)47-46(35-19-8-2-9-20-35)49(55-50(42)47)37-23-12-4-13-24-37/h1-33H. The van der Waals surface area contributed by atoms with Gasteiger partial charge in [0.1, 0.15) is 0 Å². The van der Waals surface area contributed by atoms with E-state index in [0.29, 0.717) is 5.82 Å². The Balaban J connectivity index is 1.15. The smallest absolute Gasteiger partial charge is 0.160 e. The van der Waals surface area contributed by atoms with Crippen LogP contribution >= 0.6 is 11.3 Å². The number of thiophene rings is 1. The maximum atomic E-state index is 5.51. The minimum Gasteiger partial charge on any atom is -0.247 e. The number of fused-ring (bicyclic) bond motifs is 3. The van der Waals surface area contributed by atoms with Crippen LogP contribution in [0.1, 0.15) is 0 Å². The number of aromatic nitrogens is 3. The molecule has 3 aromatic heterocycles. The van der Waals surface area contributed by atoms with Crippen LogP contribution in [0.25, 0.3) is 98.8 Å². The van der Waals surface area contributed by atoms with Crippen molar-refractivity contribution < 1.29 is 0 Å². The second kappa shape index (κ2) is 14.1. The van der Waals surface area contributed by atoms with Crippen molar-refractivity contribution >= 4 is 32.3 Å². The Hall–Kier alpha value is -7.01. The number of hydrogen-bond acceptors (Lipinski definition) is 4. The molecule has 55 heavy (non-hydrogen) atoms. The van der Waals surface area contributed by atoms with Crippen LogP contribution in [-0.2, 0) is 0 Å². The summed E-state index contributed by atoms with van der Waals surface area (Å²) in [6.07, 6.45) is 0. The van der Waals surface area contributed by atoms with E-state index in [1.54, 1.807) is 0 Å². The van der Waals surface area contributed by atoms with Crippen LogP contribution in [0.3, 0.4) is 0 Å². The minimum atomic E-state index is 0.704. The number of pyridine rings is 1. The van der Waals surface area contributed by atoms with E-state index < -0.39 is 0 Å². The summed E-state index contributed by atoms with van der Waals surface area (Å²) in [4.78, 5) is 16.9. The molecule has 0 atom stereocenters. The molecular formula is C51H33N3S. The van der Waals surface area contributed by atoms with Gasteiger partial charge in [0.15, 0.2) is 5.82 Å². The highest BCUT2D eigenvalue weighted by Gasteiger charge is 2.23. The van der Waals surface area contributed by atoms with Gasteiger partial charge in [-0.05, 0) is 40.5 Å². The Bertz CT molecular complexity index is 2890. The van der Waals surface area contributed by atoms with E-state index in [0.717, 1.165) is 61.4 Å². The Kier molecular flexibility index (Phi) is 8.36. The highest BCUT2D eigenvalue weighted by Crippen LogP contribution is 2.50. The number of benzene rings is 7. The molecule has 258 valence electrons. The quantitative estimate of drug-likeness (QED) is 0.165. The lowest BCUT2D eigenvalue weighted by molar-refractivity contribution is 1.18. The van der Waals surface area contributed by atoms with E-state index in [1.165, 1.54) is 31.7 Å². The van der Waals surface area contributed by atoms with Gasteiger partial charge in [-0.1, -0.05) is 182 Å². The van der Waals surface area contributed by atoms with Crippen molar-refractivity contribution in [1.29, 1.82) is 0 Å². The summed E-state index contributed by atoms with van der Waals surface area (Å²) in [5, 5.41) is 2.34. The molecule has 0 bridgehead atoms. The van der Waals surface area contributed by atoms with Gasteiger partial charge in [0.05, 0.1) is 22.6 Å². The van der Waals surface area contributed by atoms with E-state index in [2.05, 4.69) is 164 Å². The molecule has 0 fully saturated rings. The Morgan fingerprint density at radius 2 is 0.855 bits per heavy atom. The first-order valence-electron chi connectivity index (χ1n) is 18.4. The van der Waals surface area contributed by atoms with Crippen molar-refractivity contribution in [2.45, 2.75) is 0 Å². The van der Waals surface area contributed by atoms with Crippen LogP contribution in [0.4, 0.5) is 0 Å². The maximum absolute atomic E-state index is 5.51. The molecule has 3 heterocycles. The molecule has 0 saturated heterocycles. The third kappa shape index (κ3) is 6.19. The van der Waals surface area contributed by atoms with Gasteiger partial charge in [-0.25, -0.2) is 15.0 Å². The molecule has 0 aliphatic rings. The molecule has 0 unspecified atom stereocenters. The molecule has 0 aliphatic carbocycles. The molecule has 0 N–H and O–H groups in total. The lowest BCUT2D eigenvalue weighted by Gasteiger charge is -2.12. The summed E-state index contributed by atoms with van der Waals surface area (Å²) >= 11 is 1.86. The zero-order chi connectivity index (χ0) is 36.6. The van der Waals surface area contributed by atoms with E-state index in [9.17, 15) is 0 Å². The van der Waals surface area contributed by atoms with E-state index in [4.69, 9.17) is 15.0 Å². The van der Waals surface area contributed by atoms with Crippen molar-refractivity contribution in [3.05, 3.63) is 200 Å². The molecule has 0 aliphatic heterocycles. The molecular weight excluding hydrogens is 687 g/mol. The number of rotatable bonds is 7. The van der Waals surface area contributed by atoms with Crippen LogP contribution in [-0.4, -0.2) is 15.0 Å². The van der Waals surface area contributed by atoms with Crippen molar-refractivity contribution in [3.8, 4) is 77.9 Å². The van der Waals surface area contributed by atoms with Gasteiger partial charge in [0.2, 0.25) is 0 Å². The van der Waals surface area contributed by atoms with Crippen LogP contribution < -0.4 is 0 Å². The summed E-state index contributed by atoms with van der Waals surface area (Å²) in [6.45, 7) is 0. The molecule has 10 aromatic rings. The lowest BCUT2D eigenvalue weighted by atomic mass is 9.94. The summed E-state index contributed by atoms with van der Waals surface area (Å²) in [5.41, 5.74) is 13.7. The predicted molar refractivity (Wildman–Crippen MR) is 231 cm³/mol. The van der Waals surface area contributed by atoms with Crippen LogP contribution in [0, 0.1) is 0 Å². The van der Waals surface area contributed by atoms with Gasteiger partial charge < -0.3 is 0 Å². The van der Waals surface area contributed by atoms with Gasteiger partial charge in [-0.3, -0.25) is 0 Å². The number of hydrogen-bond donors (Lipinski definition) is 0. The van der Waals surface area contributed by atoms with Crippen LogP contribution in [0.5, 0.6) is 0 Å². The Labute approximate surface area is 323 Å². The summed E-state index contributed by atoms with van der Waals surface area (Å²) < 4.78 is 1.24. The summed E-state index contributed by atoms with van der Waals surface area (Å²) in [7, 11) is 0. The van der Waals surface area contributed by atoms with E-state index in [-0.39, 0.29) is 0 Å². The van der Waals surface area contributed by atoms with Crippen molar-refractivity contribution in [3.63, 3.8) is 0 Å². The van der Waals surface area contributed by atoms with E-state index in [1.807, 2.05) is 47.7 Å². The fraction of sp³-hybridized carbons (Fsp3) is 0. The molecule has 4 heteroatoms. The Morgan fingerprint density at radius 1 is 0.345 bits per heavy atom. The molecule has 3 nitrogen and oxygen atoms in total. The summed E-state index contributed by atoms with van der Waals surface area (Å²) in [6, 6.07) is 70.1. The van der Waals surface area contributed by atoms with Gasteiger partial charge in [0, 0.05) is 48.2 Å². The van der Waals surface area contributed by atoms with Crippen molar-refractivity contribution in [2.75, 3.05) is 0 Å². The molecule has 0 amide bonds. The normalized spacial score (nSPS) is 11.3. The monoisotopic (exact) mass is 719 g/mol. The SMILES string of the molecule is c1ccc(-c2cc(-c3cccc(-c4ccc5c(c4)nc(-c4ccccc4)c4c(-c6ccccc6)c(-c6ccccc6)sc45)c3)nc(-c3ccccc3)n2)cc1. The fourth-order valence-electron chi connectivity index (χ4n) is 7.42. The fourth-order valence-corrected chi connectivity index (χ4v) is 8.79. The van der Waals surface area contributed by atoms with Crippen molar-refractivity contribution in [2.24, 2.45) is 0 Å². The van der Waals surface area contributed by atoms with Gasteiger partial charge in [0.25, 0.3) is 0 Å². The third-order valence-corrected chi connectivity index (χ3v) is 11.4. The molecule has 10 rings (SSSR count). The minimum absolute atomic E-state index is 0.704. The van der Waals surface area contributed by atoms with Gasteiger partial charge >= 0.3 is 0 Å². The second-order valence-corrected chi connectivity index (χ2v) is 14.6. The van der Waals surface area contributed by atoms with Crippen LogP contribution in [0.15, 0.2) is 200 Å². The average molecular weight is 720 g/mol. The molecule has 7 aromatic carbocycles. The molecule has 0 spiro atoms. The van der Waals surface area contributed by atoms with Crippen molar-refractivity contribution in [1.82, 2.24) is 15.0 Å². The van der Waals surface area contributed by atoms with Gasteiger partial charge in [-0.15, -0.1) is 11.3 Å². The average Bonchev–Trinajstić information content (AvgIpc) is 3.68. The van der Waals surface area contributed by atoms with Gasteiger partial charge in [-0.2, -0.15) is 0 Å². The number of nitrogens with zero attached hydrogens (tertiary/aromatic N) is 3. The highest BCUT2D eigenvalue weighted by atomic mass is 32.1. The predicted octanol–water partition coefficient (Wildman–Crippen LogP) is 13.9. The lowest BCUT2D eigenvalue weighted by Crippen LogP contribution is -1.96. The topological polar surface area (TPSA) is 38.7 Å². The molecule has 0 saturated carbocycles. The first-order valence-corrected chi connectivity index (χ1v) is 19.3. The third-order valence-electron chi connectivity index (χ3n) is 10.1. The highest BCUT2D eigenvalue weighted by molar-refractivity contribution is 7.24. The zero-order valence-electron chi connectivity index (χ0n) is 29.8. The van der Waals surface area contributed by atoms with E-state index >= 15 is 0 Å². The zero-order valence-corrected chi connectivity index (χ0v) is 30.6. The second-order valence-electron chi connectivity index (χ2n) is 13.6. The first-order chi connectivity index (χ1) is 27.3. The maximum Gasteiger partial charge on any atom is 0.160 e. The molecule has 0 radical (unpaired) electrons. The van der Waals surface area contributed by atoms with Crippen LogP contribution in [0.2, 0.25) is 0 Å². The Morgan fingerprint density at radius 3 is 1.51 bits per heavy atom.